The number of hydrogen-bond donors (Lipinski definition) is 0. The molecule has 1 saturated carbocycles. The van der Waals surface area contributed by atoms with E-state index in [-0.39, 0.29) is 11.6 Å². The third-order valence-electron chi connectivity index (χ3n) is 2.49. The van der Waals surface area contributed by atoms with Gasteiger partial charge in [0.1, 0.15) is 0 Å². The highest BCUT2D eigenvalue weighted by atomic mass is 19.4. The smallest absolute Gasteiger partial charge is 0.257 e. The highest BCUT2D eigenvalue weighted by molar-refractivity contribution is 5.20. The second kappa shape index (κ2) is 3.22. The van der Waals surface area contributed by atoms with E-state index in [1.54, 1.807) is 0 Å². The summed E-state index contributed by atoms with van der Waals surface area (Å²) in [4.78, 5) is 7.15. The molecule has 1 aliphatic carbocycles. The van der Waals surface area contributed by atoms with Gasteiger partial charge in [-0.25, -0.2) is 4.98 Å². The fourth-order valence-corrected chi connectivity index (χ4v) is 1.55. The second-order valence-corrected chi connectivity index (χ2v) is 3.42. The molecule has 2 nitrogen and oxygen atoms in total. The van der Waals surface area contributed by atoms with E-state index < -0.39 is 11.9 Å². The normalized spacial score (nSPS) is 17.9. The van der Waals surface area contributed by atoms with E-state index in [1.165, 1.54) is 6.20 Å². The zero-order chi connectivity index (χ0) is 10.2. The first-order chi connectivity index (χ1) is 6.59. The van der Waals surface area contributed by atoms with E-state index in [1.807, 2.05) is 0 Å². The van der Waals surface area contributed by atoms with Crippen LogP contribution >= 0.6 is 0 Å². The predicted octanol–water partition coefficient (Wildman–Crippen LogP) is 2.76. The molecule has 0 atom stereocenters. The molecule has 0 spiro atoms. The zero-order valence-electron chi connectivity index (χ0n) is 7.38. The van der Waals surface area contributed by atoms with E-state index in [9.17, 15) is 13.2 Å². The Morgan fingerprint density at radius 3 is 2.29 bits per heavy atom. The van der Waals surface area contributed by atoms with Crippen molar-refractivity contribution in [1.29, 1.82) is 0 Å². The van der Waals surface area contributed by atoms with Crippen molar-refractivity contribution in [3.63, 3.8) is 0 Å². The van der Waals surface area contributed by atoms with Crippen LogP contribution in [-0.2, 0) is 6.18 Å². The van der Waals surface area contributed by atoms with Gasteiger partial charge >= 0.3 is 6.18 Å². The third kappa shape index (κ3) is 1.58. The molecule has 14 heavy (non-hydrogen) atoms. The number of rotatable bonds is 1. The van der Waals surface area contributed by atoms with E-state index in [4.69, 9.17) is 0 Å². The second-order valence-electron chi connectivity index (χ2n) is 3.42. The Kier molecular flexibility index (Phi) is 2.17. The Balaban J connectivity index is 2.38. The fraction of sp³-hybridized carbons (Fsp3) is 0.556. The van der Waals surface area contributed by atoms with Crippen molar-refractivity contribution in [2.24, 2.45) is 0 Å². The number of nitrogens with zero attached hydrogens (tertiary/aromatic N) is 2. The molecule has 0 N–H and O–H groups in total. The first-order valence-electron chi connectivity index (χ1n) is 4.47. The molecule has 0 aromatic carbocycles. The Labute approximate surface area is 79.2 Å². The summed E-state index contributed by atoms with van der Waals surface area (Å²) in [7, 11) is 0. The fourth-order valence-electron chi connectivity index (χ4n) is 1.55. The number of hydrogen-bond acceptors (Lipinski definition) is 2. The van der Waals surface area contributed by atoms with Crippen LogP contribution in [0.25, 0.3) is 0 Å². The van der Waals surface area contributed by atoms with Crippen LogP contribution in [0.5, 0.6) is 0 Å². The molecule has 76 valence electrons. The monoisotopic (exact) mass is 202 g/mol. The maximum Gasteiger partial charge on any atom is 0.435 e. The van der Waals surface area contributed by atoms with Crippen LogP contribution in [0, 0.1) is 0 Å². The lowest BCUT2D eigenvalue weighted by Gasteiger charge is -2.26. The highest BCUT2D eigenvalue weighted by Gasteiger charge is 2.39. The van der Waals surface area contributed by atoms with Gasteiger partial charge in [0, 0.05) is 18.3 Å². The molecule has 1 aliphatic rings. The molecule has 1 aromatic heterocycles. The van der Waals surface area contributed by atoms with Gasteiger partial charge in [-0.2, -0.15) is 13.2 Å². The van der Waals surface area contributed by atoms with Gasteiger partial charge in [0.2, 0.25) is 0 Å². The van der Waals surface area contributed by atoms with Crippen LogP contribution in [0.4, 0.5) is 13.2 Å². The minimum Gasteiger partial charge on any atom is -0.257 e. The van der Waals surface area contributed by atoms with Crippen LogP contribution in [0.15, 0.2) is 12.4 Å². The summed E-state index contributed by atoms with van der Waals surface area (Å²) in [6.07, 6.45) is 0.606. The van der Waals surface area contributed by atoms with E-state index in [0.717, 1.165) is 25.5 Å². The Hall–Kier alpha value is -1.13. The van der Waals surface area contributed by atoms with Crippen molar-refractivity contribution >= 4 is 0 Å². The molecule has 1 fully saturated rings. The molecule has 0 radical (unpaired) electrons. The van der Waals surface area contributed by atoms with E-state index in [0.29, 0.717) is 0 Å². The predicted molar refractivity (Wildman–Crippen MR) is 43.6 cm³/mol. The lowest BCUT2D eigenvalue weighted by molar-refractivity contribution is -0.142. The van der Waals surface area contributed by atoms with E-state index >= 15 is 0 Å². The van der Waals surface area contributed by atoms with Gasteiger partial charge in [0.05, 0.1) is 5.69 Å². The summed E-state index contributed by atoms with van der Waals surface area (Å²) in [5.41, 5.74) is -0.698. The Morgan fingerprint density at radius 1 is 1.14 bits per heavy atom. The van der Waals surface area contributed by atoms with Crippen molar-refractivity contribution in [1.82, 2.24) is 9.97 Å². The molecule has 5 heteroatoms. The Morgan fingerprint density at radius 2 is 1.79 bits per heavy atom. The van der Waals surface area contributed by atoms with Crippen LogP contribution in [0.3, 0.4) is 0 Å². The molecule has 1 heterocycles. The SMILES string of the molecule is FC(F)(F)c1nccnc1C1CCC1. The van der Waals surface area contributed by atoms with Crippen LogP contribution in [0.2, 0.25) is 0 Å². The summed E-state index contributed by atoms with van der Waals surface area (Å²) in [6, 6.07) is 0. The number of alkyl halides is 3. The summed E-state index contributed by atoms with van der Waals surface area (Å²) in [6.45, 7) is 0. The molecular formula is C9H9F3N2. The molecule has 0 unspecified atom stereocenters. The topological polar surface area (TPSA) is 25.8 Å². The van der Waals surface area contributed by atoms with Crippen molar-refractivity contribution in [2.75, 3.05) is 0 Å². The van der Waals surface area contributed by atoms with E-state index in [2.05, 4.69) is 9.97 Å². The molecule has 0 aliphatic heterocycles. The standard InChI is InChI=1S/C9H9F3N2/c10-9(11,12)8-7(6-2-1-3-6)13-4-5-14-8/h4-6H,1-3H2. The van der Waals surface area contributed by atoms with Gasteiger partial charge in [0.25, 0.3) is 0 Å². The zero-order valence-corrected chi connectivity index (χ0v) is 7.38. The number of halogens is 3. The van der Waals surface area contributed by atoms with Crippen LogP contribution < -0.4 is 0 Å². The molecule has 0 saturated heterocycles. The summed E-state index contributed by atoms with van der Waals surface area (Å²) in [5, 5.41) is 0. The minimum absolute atomic E-state index is 0.0414. The summed E-state index contributed by atoms with van der Waals surface area (Å²) in [5.74, 6) is -0.0414. The maximum atomic E-state index is 12.5. The lowest BCUT2D eigenvalue weighted by atomic mass is 9.82. The average molecular weight is 202 g/mol. The van der Waals surface area contributed by atoms with Crippen LogP contribution in [0.1, 0.15) is 36.6 Å². The first-order valence-corrected chi connectivity index (χ1v) is 4.47. The summed E-state index contributed by atoms with van der Waals surface area (Å²) < 4.78 is 37.4. The number of aromatic nitrogens is 2. The van der Waals surface area contributed by atoms with Gasteiger partial charge in [-0.1, -0.05) is 6.42 Å². The van der Waals surface area contributed by atoms with Crippen molar-refractivity contribution in [2.45, 2.75) is 31.4 Å². The third-order valence-corrected chi connectivity index (χ3v) is 2.49. The quantitative estimate of drug-likeness (QED) is 0.699. The Bertz CT molecular complexity index is 331. The van der Waals surface area contributed by atoms with Crippen molar-refractivity contribution in [3.05, 3.63) is 23.8 Å². The van der Waals surface area contributed by atoms with Gasteiger partial charge in [-0.05, 0) is 12.8 Å². The lowest BCUT2D eigenvalue weighted by Crippen LogP contribution is -2.19. The van der Waals surface area contributed by atoms with Gasteiger partial charge in [-0.3, -0.25) is 4.98 Å². The molecule has 1 aromatic rings. The molecule has 0 bridgehead atoms. The average Bonchev–Trinajstić information content (AvgIpc) is 2.00. The molecular weight excluding hydrogens is 193 g/mol. The van der Waals surface area contributed by atoms with Crippen molar-refractivity contribution < 1.29 is 13.2 Å². The highest BCUT2D eigenvalue weighted by Crippen LogP contribution is 2.40. The molecule has 2 rings (SSSR count). The van der Waals surface area contributed by atoms with Gasteiger partial charge in [0.15, 0.2) is 5.69 Å². The largest absolute Gasteiger partial charge is 0.435 e. The first kappa shape index (κ1) is 9.43. The van der Waals surface area contributed by atoms with Crippen molar-refractivity contribution in [3.8, 4) is 0 Å². The van der Waals surface area contributed by atoms with Gasteiger partial charge in [-0.15, -0.1) is 0 Å². The minimum atomic E-state index is -4.38. The van der Waals surface area contributed by atoms with Crippen LogP contribution in [-0.4, -0.2) is 9.97 Å². The van der Waals surface area contributed by atoms with Gasteiger partial charge < -0.3 is 0 Å². The molecule has 0 amide bonds. The summed E-state index contributed by atoms with van der Waals surface area (Å²) >= 11 is 0. The maximum absolute atomic E-state index is 12.5.